The SMILES string of the molecule is CC1(F)Oc2cc(Br)c3nc(C(F)(F)F)[nH]c3c2OC1(F)F. The first-order valence-corrected chi connectivity index (χ1v) is 6.46. The summed E-state index contributed by atoms with van der Waals surface area (Å²) in [6.07, 6.45) is -9.21. The van der Waals surface area contributed by atoms with E-state index in [4.69, 9.17) is 0 Å². The molecule has 0 amide bonds. The fourth-order valence-electron chi connectivity index (χ4n) is 1.88. The molecule has 4 nitrogen and oxygen atoms in total. The molecule has 0 saturated heterocycles. The van der Waals surface area contributed by atoms with E-state index in [0.717, 1.165) is 6.07 Å². The van der Waals surface area contributed by atoms with Crippen molar-refractivity contribution in [2.45, 2.75) is 25.1 Å². The predicted molar refractivity (Wildman–Crippen MR) is 64.5 cm³/mol. The van der Waals surface area contributed by atoms with E-state index in [1.165, 1.54) is 0 Å². The van der Waals surface area contributed by atoms with Crippen LogP contribution in [0.15, 0.2) is 10.5 Å². The maximum atomic E-state index is 13.7. The molecule has 1 unspecified atom stereocenters. The van der Waals surface area contributed by atoms with E-state index < -0.39 is 41.0 Å². The van der Waals surface area contributed by atoms with E-state index in [0.29, 0.717) is 6.92 Å². The van der Waals surface area contributed by atoms with Crippen LogP contribution < -0.4 is 9.47 Å². The van der Waals surface area contributed by atoms with E-state index in [1.54, 1.807) is 0 Å². The van der Waals surface area contributed by atoms with Crippen molar-refractivity contribution in [3.8, 4) is 11.5 Å². The van der Waals surface area contributed by atoms with Gasteiger partial charge in [-0.15, -0.1) is 0 Å². The lowest BCUT2D eigenvalue weighted by atomic mass is 10.2. The lowest BCUT2D eigenvalue weighted by Gasteiger charge is -2.35. The normalized spacial score (nSPS) is 23.8. The topological polar surface area (TPSA) is 47.1 Å². The fraction of sp³-hybridized carbons (Fsp3) is 0.364. The summed E-state index contributed by atoms with van der Waals surface area (Å²) in [5.74, 6) is -6.11. The van der Waals surface area contributed by atoms with Crippen molar-refractivity contribution in [2.75, 3.05) is 0 Å². The number of hydrogen-bond donors (Lipinski definition) is 1. The molecule has 0 saturated carbocycles. The number of nitrogens with zero attached hydrogens (tertiary/aromatic N) is 1. The highest BCUT2D eigenvalue weighted by atomic mass is 79.9. The van der Waals surface area contributed by atoms with Crippen LogP contribution in [0.25, 0.3) is 11.0 Å². The van der Waals surface area contributed by atoms with Gasteiger partial charge >= 0.3 is 18.1 Å². The van der Waals surface area contributed by atoms with Crippen LogP contribution in [-0.4, -0.2) is 21.9 Å². The van der Waals surface area contributed by atoms with Crippen LogP contribution in [0, 0.1) is 0 Å². The summed E-state index contributed by atoms with van der Waals surface area (Å²) >= 11 is 2.93. The first-order chi connectivity index (χ1) is 9.92. The molecule has 1 aromatic carbocycles. The highest BCUT2D eigenvalue weighted by Gasteiger charge is 2.60. The van der Waals surface area contributed by atoms with Gasteiger partial charge in [-0.1, -0.05) is 0 Å². The predicted octanol–water partition coefficient (Wildman–Crippen LogP) is 4.39. The number of hydrogen-bond acceptors (Lipinski definition) is 3. The lowest BCUT2D eigenvalue weighted by molar-refractivity contribution is -0.331. The summed E-state index contributed by atoms with van der Waals surface area (Å²) < 4.78 is 87.6. The summed E-state index contributed by atoms with van der Waals surface area (Å²) in [6, 6.07) is 1.01. The van der Waals surface area contributed by atoms with Crippen molar-refractivity contribution in [2.24, 2.45) is 0 Å². The molecule has 1 aliphatic rings. The first-order valence-electron chi connectivity index (χ1n) is 5.66. The maximum absolute atomic E-state index is 13.7. The number of ether oxygens (including phenoxy) is 2. The molecule has 2 heterocycles. The number of halogens is 7. The number of alkyl halides is 6. The molecule has 120 valence electrons. The maximum Gasteiger partial charge on any atom is 0.471 e. The molecular formula is C11H5BrF6N2O2. The molecule has 11 heteroatoms. The third kappa shape index (κ3) is 2.09. The van der Waals surface area contributed by atoms with E-state index in [9.17, 15) is 26.3 Å². The van der Waals surface area contributed by atoms with Gasteiger partial charge in [0, 0.05) is 17.5 Å². The Kier molecular flexibility index (Phi) is 2.92. The number of aromatic nitrogens is 2. The largest absolute Gasteiger partial charge is 0.471 e. The van der Waals surface area contributed by atoms with Crippen molar-refractivity contribution < 1.29 is 35.8 Å². The molecule has 1 atom stereocenters. The zero-order chi connectivity index (χ0) is 16.5. The Balaban J connectivity index is 2.27. The minimum atomic E-state index is -4.82. The second-order valence-corrected chi connectivity index (χ2v) is 5.48. The molecule has 22 heavy (non-hydrogen) atoms. The van der Waals surface area contributed by atoms with Crippen molar-refractivity contribution in [3.05, 3.63) is 16.4 Å². The first kappa shape index (κ1) is 15.3. The molecule has 2 aromatic rings. The van der Waals surface area contributed by atoms with Gasteiger partial charge in [-0.3, -0.25) is 0 Å². The van der Waals surface area contributed by atoms with Gasteiger partial charge in [-0.2, -0.15) is 26.3 Å². The van der Waals surface area contributed by atoms with Gasteiger partial charge in [0.05, 0.1) is 0 Å². The molecule has 0 bridgehead atoms. The van der Waals surface area contributed by atoms with Gasteiger partial charge in [0.25, 0.3) is 0 Å². The van der Waals surface area contributed by atoms with Crippen LogP contribution in [0.4, 0.5) is 26.3 Å². The number of H-pyrrole nitrogens is 1. The third-order valence-electron chi connectivity index (χ3n) is 2.96. The van der Waals surface area contributed by atoms with Gasteiger partial charge in [-0.05, 0) is 15.9 Å². The van der Waals surface area contributed by atoms with Crippen molar-refractivity contribution in [1.29, 1.82) is 0 Å². The second kappa shape index (κ2) is 4.21. The van der Waals surface area contributed by atoms with Gasteiger partial charge in [-0.25, -0.2) is 4.98 Å². The minimum Gasteiger partial charge on any atom is -0.445 e. The summed E-state index contributed by atoms with van der Waals surface area (Å²) in [4.78, 5) is 5.12. The van der Waals surface area contributed by atoms with Crippen LogP contribution in [0.2, 0.25) is 0 Å². The number of benzene rings is 1. The van der Waals surface area contributed by atoms with Crippen molar-refractivity contribution >= 4 is 27.0 Å². The Morgan fingerprint density at radius 1 is 1.23 bits per heavy atom. The number of nitrogens with one attached hydrogen (secondary N) is 1. The lowest BCUT2D eigenvalue weighted by Crippen LogP contribution is -2.53. The molecule has 0 aliphatic carbocycles. The smallest absolute Gasteiger partial charge is 0.445 e. The zero-order valence-corrected chi connectivity index (χ0v) is 12.1. The summed E-state index contributed by atoms with van der Waals surface area (Å²) in [7, 11) is 0. The van der Waals surface area contributed by atoms with Crippen LogP contribution in [0.1, 0.15) is 12.7 Å². The van der Waals surface area contributed by atoms with E-state index in [-0.39, 0.29) is 9.99 Å². The Morgan fingerprint density at radius 3 is 2.45 bits per heavy atom. The minimum absolute atomic E-state index is 0.00221. The summed E-state index contributed by atoms with van der Waals surface area (Å²) in [6.45, 7) is 0.447. The highest BCUT2D eigenvalue weighted by Crippen LogP contribution is 2.50. The summed E-state index contributed by atoms with van der Waals surface area (Å²) in [5, 5.41) is 0. The molecule has 1 N–H and O–H groups in total. The molecule has 0 fully saturated rings. The van der Waals surface area contributed by atoms with Gasteiger partial charge in [0.1, 0.15) is 11.0 Å². The fourth-order valence-corrected chi connectivity index (χ4v) is 2.37. The average Bonchev–Trinajstić information content (AvgIpc) is 2.77. The van der Waals surface area contributed by atoms with Crippen LogP contribution >= 0.6 is 15.9 Å². The molecule has 0 radical (unpaired) electrons. The molecular weight excluding hydrogens is 386 g/mol. The monoisotopic (exact) mass is 390 g/mol. The number of imidazole rings is 1. The molecule has 1 aliphatic heterocycles. The van der Waals surface area contributed by atoms with Crippen LogP contribution in [-0.2, 0) is 6.18 Å². The Hall–Kier alpha value is -1.65. The van der Waals surface area contributed by atoms with Gasteiger partial charge in [0.2, 0.25) is 5.82 Å². The van der Waals surface area contributed by atoms with Crippen molar-refractivity contribution in [1.82, 2.24) is 9.97 Å². The number of fused-ring (bicyclic) bond motifs is 3. The van der Waals surface area contributed by atoms with Gasteiger partial charge in [0.15, 0.2) is 11.5 Å². The van der Waals surface area contributed by atoms with Crippen LogP contribution in [0.3, 0.4) is 0 Å². The Labute approximate surface area is 126 Å². The standard InChI is InChI=1S/C11H5BrF6N2O2/c1-9(13)11(17,18)22-7-4(21-9)2-3(12)5-6(7)20-8(19-5)10(14,15)16/h2H,1H3,(H,19,20). The third-order valence-corrected chi connectivity index (χ3v) is 3.56. The Morgan fingerprint density at radius 2 is 1.86 bits per heavy atom. The average molecular weight is 391 g/mol. The van der Waals surface area contributed by atoms with E-state index in [1.807, 2.05) is 4.98 Å². The summed E-state index contributed by atoms with van der Waals surface area (Å²) in [5.41, 5.74) is -0.778. The Bertz CT molecular complexity index is 770. The van der Waals surface area contributed by atoms with E-state index >= 15 is 0 Å². The molecule has 1 aromatic heterocycles. The van der Waals surface area contributed by atoms with Crippen LogP contribution in [0.5, 0.6) is 11.5 Å². The molecule has 0 spiro atoms. The van der Waals surface area contributed by atoms with E-state index in [2.05, 4.69) is 30.4 Å². The molecule has 3 rings (SSSR count). The van der Waals surface area contributed by atoms with Crippen molar-refractivity contribution in [3.63, 3.8) is 0 Å². The zero-order valence-electron chi connectivity index (χ0n) is 10.5. The number of rotatable bonds is 0. The van der Waals surface area contributed by atoms with Gasteiger partial charge < -0.3 is 14.5 Å². The quantitative estimate of drug-likeness (QED) is 0.678. The second-order valence-electron chi connectivity index (χ2n) is 4.63. The highest BCUT2D eigenvalue weighted by molar-refractivity contribution is 9.10. The number of aromatic amines is 1.